The van der Waals surface area contributed by atoms with Gasteiger partial charge in [-0.1, -0.05) is 23.9 Å². The Morgan fingerprint density at radius 2 is 0.861 bits per heavy atom. The topological polar surface area (TPSA) is 81.2 Å². The third-order valence-electron chi connectivity index (χ3n) is 9.51. The van der Waals surface area contributed by atoms with Crippen molar-refractivity contribution in [2.75, 3.05) is 13.2 Å². The molecule has 372 valence electrons. The molecule has 20 heteroatoms. The Hall–Kier alpha value is -6.65. The number of nitrogens with zero attached hydrogens (tertiary/aromatic N) is 2. The Kier molecular flexibility index (Phi) is 20.3. The second-order valence-electron chi connectivity index (χ2n) is 15.0. The first-order chi connectivity index (χ1) is 34.3. The molecule has 3 heterocycles. The predicted octanol–water partition coefficient (Wildman–Crippen LogP) is 12.0. The molecule has 0 saturated heterocycles. The maximum atomic E-state index is 14.3. The molecule has 0 spiro atoms. The summed E-state index contributed by atoms with van der Waals surface area (Å²) in [5.74, 6) is 1.25. The molecule has 0 radical (unpaired) electrons. The highest BCUT2D eigenvalue weighted by Crippen LogP contribution is 2.49. The van der Waals surface area contributed by atoms with Gasteiger partial charge >= 0.3 is 7.54 Å². The van der Waals surface area contributed by atoms with E-state index in [1.54, 1.807) is 67.0 Å². The lowest BCUT2D eigenvalue weighted by Crippen LogP contribution is -3.00. The van der Waals surface area contributed by atoms with Crippen molar-refractivity contribution in [1.82, 2.24) is 9.97 Å². The van der Waals surface area contributed by atoms with E-state index in [0.29, 0.717) is 66.7 Å². The summed E-state index contributed by atoms with van der Waals surface area (Å²) in [5, 5.41) is 0. The van der Waals surface area contributed by atoms with E-state index >= 15 is 0 Å². The molecule has 0 saturated carbocycles. The number of pyridine rings is 2. The maximum absolute atomic E-state index is 14.3. The lowest BCUT2D eigenvalue weighted by Gasteiger charge is -2.19. The molecule has 0 bridgehead atoms. The van der Waals surface area contributed by atoms with Crippen molar-refractivity contribution < 1.29 is 63.6 Å². The molecule has 8 aromatic rings. The van der Waals surface area contributed by atoms with Crippen LogP contribution in [0.3, 0.4) is 0 Å². The molecule has 0 aliphatic carbocycles. The first-order valence-electron chi connectivity index (χ1n) is 21.4. The molecular formula is C52H40BF8IN2O6S2. The number of hydrogen-bond donors (Lipinski definition) is 0. The Bertz CT molecular complexity index is 2890. The van der Waals surface area contributed by atoms with Crippen LogP contribution in [0.15, 0.2) is 195 Å². The summed E-state index contributed by atoms with van der Waals surface area (Å²) in [5.41, 5.74) is 0. The minimum Gasteiger partial charge on any atom is -1.00 e. The number of rotatable bonds is 15. The van der Waals surface area contributed by atoms with Gasteiger partial charge in [-0.25, -0.2) is 27.5 Å². The minimum absolute atomic E-state index is 0. The summed E-state index contributed by atoms with van der Waals surface area (Å²) in [7, 11) is -4.66. The van der Waals surface area contributed by atoms with Gasteiger partial charge in [0.05, 0.1) is 9.79 Å². The zero-order valence-electron chi connectivity index (χ0n) is 37.9. The molecule has 72 heavy (non-hydrogen) atoms. The monoisotopic (exact) mass is 1140 g/mol. The van der Waals surface area contributed by atoms with Crippen LogP contribution in [0.1, 0.15) is 13.8 Å². The molecule has 1 aliphatic rings. The van der Waals surface area contributed by atoms with E-state index in [1.165, 1.54) is 3.57 Å². The average Bonchev–Trinajstić information content (AvgIpc) is 3.36. The van der Waals surface area contributed by atoms with Crippen LogP contribution >= 0.6 is 34.4 Å². The largest absolute Gasteiger partial charge is 1.00 e. The molecule has 6 aromatic carbocycles. The van der Waals surface area contributed by atoms with Crippen LogP contribution in [-0.2, 0) is 10.9 Å². The molecule has 0 N–H and O–H groups in total. The average molecular weight is 1140 g/mol. The van der Waals surface area contributed by atoms with E-state index in [-0.39, 0.29) is 16.9 Å². The van der Waals surface area contributed by atoms with Gasteiger partial charge in [0.2, 0.25) is 11.8 Å². The molecule has 9 rings (SSSR count). The molecular weight excluding hydrogens is 1100 g/mol. The Balaban J connectivity index is 0.000000240. The Labute approximate surface area is 430 Å². The van der Waals surface area contributed by atoms with E-state index in [2.05, 4.69) is 32.6 Å². The fourth-order valence-corrected chi connectivity index (χ4v) is 10.5. The minimum atomic E-state index is -3.67. The van der Waals surface area contributed by atoms with Gasteiger partial charge in [-0.15, -0.1) is 0 Å². The van der Waals surface area contributed by atoms with Gasteiger partial charge in [0.25, 0.3) is 0 Å². The second kappa shape index (κ2) is 26.7. The summed E-state index contributed by atoms with van der Waals surface area (Å²) in [6.45, 7) is 4.61. The molecule has 2 aromatic heterocycles. The van der Waals surface area contributed by atoms with Crippen LogP contribution in [-0.4, -0.2) is 42.9 Å². The highest BCUT2D eigenvalue weighted by molar-refractivity contribution is 14.1. The zero-order chi connectivity index (χ0) is 50.3. The molecule has 0 amide bonds. The molecule has 1 aliphatic heterocycles. The summed E-state index contributed by atoms with van der Waals surface area (Å²) in [6.07, 6.45) is 3.06. The van der Waals surface area contributed by atoms with Crippen molar-refractivity contribution in [3.63, 3.8) is 0 Å². The number of aromatic nitrogens is 2. The van der Waals surface area contributed by atoms with Gasteiger partial charge in [0.1, 0.15) is 70.8 Å². The van der Waals surface area contributed by atoms with Crippen molar-refractivity contribution in [2.24, 2.45) is 0 Å². The summed E-state index contributed by atoms with van der Waals surface area (Å²) < 4.78 is 122. The number of benzene rings is 6. The van der Waals surface area contributed by atoms with Gasteiger partial charge in [0, 0.05) is 40.2 Å². The summed E-state index contributed by atoms with van der Waals surface area (Å²) >= 11 is 3.35. The lowest BCUT2D eigenvalue weighted by molar-refractivity contribution is -0.0000221. The van der Waals surface area contributed by atoms with Gasteiger partial charge in [-0.3, -0.25) is 12.9 Å². The smallest absolute Gasteiger partial charge is 0.762 e. The molecule has 2 atom stereocenters. The van der Waals surface area contributed by atoms with E-state index < -0.39 is 41.7 Å². The van der Waals surface area contributed by atoms with Crippen LogP contribution in [0.25, 0.3) is 0 Å². The van der Waals surface area contributed by atoms with Gasteiger partial charge < -0.3 is 33.1 Å². The summed E-state index contributed by atoms with van der Waals surface area (Å²) in [6, 6.07) is 45.1. The Morgan fingerprint density at radius 3 is 1.24 bits per heavy atom. The van der Waals surface area contributed by atoms with Crippen molar-refractivity contribution in [1.29, 1.82) is 0 Å². The number of ether oxygens (including phenoxy) is 6. The highest BCUT2D eigenvalue weighted by Gasteiger charge is 2.40. The van der Waals surface area contributed by atoms with E-state index in [1.807, 2.05) is 92.7 Å². The quantitative estimate of drug-likeness (QED) is 0.0431. The van der Waals surface area contributed by atoms with Crippen molar-refractivity contribution in [3.05, 3.63) is 197 Å². The van der Waals surface area contributed by atoms with Crippen LogP contribution in [0.5, 0.6) is 46.3 Å². The van der Waals surface area contributed by atoms with Crippen LogP contribution in [0.4, 0.5) is 30.5 Å². The first kappa shape index (κ1) is 54.7. The van der Waals surface area contributed by atoms with Gasteiger partial charge in [-0.2, -0.15) is 0 Å². The van der Waals surface area contributed by atoms with Gasteiger partial charge in [-0.05, 0) is 158 Å². The van der Waals surface area contributed by atoms with Crippen LogP contribution < -0.4 is 33.1 Å². The SMILES string of the molecule is CC(COc1ccc(Oc2ccc(I)cc2)cc1)Oc1ccccn1.CC(COc1ccc(Oc2ccc([S+]3c4cc(F)c(F)cc4Sc4cc(F)c(F)cc43)cc2)cc1)Oc1ccccn1.FB(F)F.[F-]. The summed E-state index contributed by atoms with van der Waals surface area (Å²) in [4.78, 5) is 10.9. The number of hydrogen-bond acceptors (Lipinski definition) is 9. The standard InChI is InChI=1S/C32H22F4NO3S2.C20H18INO3.BF3.FH/c1-19(39-32-4-2-3-13-37-32)18-38-20-5-7-21(8-6-20)40-22-9-11-23(12-10-22)42-30-16-26(35)24(33)14-28(30)41-29-15-25(34)27(36)17-31(29)42;1-15(24-20-4-2-3-13-22-20)14-23-17-9-11-19(12-10-17)25-18-7-5-16(21)6-8-18;2-1(3)4;/h2-17,19H,18H2,1H3;2-13,15H,14H2,1H3;;1H/q+1;;;/p-1. The van der Waals surface area contributed by atoms with Crippen LogP contribution in [0.2, 0.25) is 0 Å². The Morgan fingerprint density at radius 1 is 0.514 bits per heavy atom. The van der Waals surface area contributed by atoms with Crippen LogP contribution in [0, 0.1) is 26.8 Å². The van der Waals surface area contributed by atoms with Crippen molar-refractivity contribution in [2.45, 2.75) is 50.5 Å². The van der Waals surface area contributed by atoms with Crippen molar-refractivity contribution in [3.8, 4) is 46.3 Å². The van der Waals surface area contributed by atoms with E-state index in [9.17, 15) is 30.5 Å². The predicted molar refractivity (Wildman–Crippen MR) is 266 cm³/mol. The molecule has 0 fully saturated rings. The third-order valence-corrected chi connectivity index (χ3v) is 13.9. The fraction of sp³-hybridized carbons (Fsp3) is 0.115. The van der Waals surface area contributed by atoms with Crippen molar-refractivity contribution >= 4 is 52.8 Å². The first-order valence-corrected chi connectivity index (χ1v) is 24.5. The normalized spacial score (nSPS) is 12.1. The second-order valence-corrected chi connectivity index (χ2v) is 19.3. The maximum Gasteiger partial charge on any atom is 0.762 e. The van der Waals surface area contributed by atoms with E-state index in [4.69, 9.17) is 28.4 Å². The molecule has 2 unspecified atom stereocenters. The highest BCUT2D eigenvalue weighted by atomic mass is 127. The number of fused-ring (bicyclic) bond motifs is 2. The third kappa shape index (κ3) is 16.2. The molecule has 8 nitrogen and oxygen atoms in total. The van der Waals surface area contributed by atoms with E-state index in [0.717, 1.165) is 53.3 Å². The van der Waals surface area contributed by atoms with Gasteiger partial charge in [0.15, 0.2) is 38.0 Å². The fourth-order valence-electron chi connectivity index (χ4n) is 6.36. The zero-order valence-corrected chi connectivity index (χ0v) is 41.7. The number of halogens is 9. The lowest BCUT2D eigenvalue weighted by atomic mass is 10.3.